The third-order valence-electron chi connectivity index (χ3n) is 3.48. The van der Waals surface area contributed by atoms with Crippen LogP contribution >= 0.6 is 0 Å². The highest BCUT2D eigenvalue weighted by Crippen LogP contribution is 2.23. The summed E-state index contributed by atoms with van der Waals surface area (Å²) in [4.78, 5) is 13.7. The van der Waals surface area contributed by atoms with E-state index < -0.39 is 9.84 Å². The van der Waals surface area contributed by atoms with Crippen LogP contribution < -0.4 is 0 Å². The van der Waals surface area contributed by atoms with Crippen LogP contribution in [0.25, 0.3) is 0 Å². The van der Waals surface area contributed by atoms with Crippen LogP contribution in [0.5, 0.6) is 0 Å². The summed E-state index contributed by atoms with van der Waals surface area (Å²) < 4.78 is 22.9. The smallest absolute Gasteiger partial charge is 0.222 e. The summed E-state index contributed by atoms with van der Waals surface area (Å²) in [6.07, 6.45) is 4.22. The van der Waals surface area contributed by atoms with Crippen molar-refractivity contribution in [3.8, 4) is 0 Å². The van der Waals surface area contributed by atoms with E-state index in [1.807, 2.05) is 4.90 Å². The Morgan fingerprint density at radius 1 is 1.19 bits per heavy atom. The van der Waals surface area contributed by atoms with E-state index in [0.717, 1.165) is 38.8 Å². The van der Waals surface area contributed by atoms with Crippen LogP contribution in [0, 0.1) is 5.92 Å². The van der Waals surface area contributed by atoms with Gasteiger partial charge in [-0.1, -0.05) is 0 Å². The van der Waals surface area contributed by atoms with Gasteiger partial charge in [0.05, 0.1) is 11.5 Å². The summed E-state index contributed by atoms with van der Waals surface area (Å²) >= 11 is 0. The molecule has 0 aliphatic carbocycles. The van der Waals surface area contributed by atoms with Crippen LogP contribution in [0.3, 0.4) is 0 Å². The number of rotatable bonds is 2. The second-order valence-electron chi connectivity index (χ2n) is 4.91. The average molecular weight is 245 g/mol. The van der Waals surface area contributed by atoms with Gasteiger partial charge in [0.2, 0.25) is 5.91 Å². The lowest BCUT2D eigenvalue weighted by atomic mass is 10.0. The molecule has 1 atom stereocenters. The monoisotopic (exact) mass is 245 g/mol. The highest BCUT2D eigenvalue weighted by atomic mass is 32.2. The van der Waals surface area contributed by atoms with E-state index in [4.69, 9.17) is 0 Å². The van der Waals surface area contributed by atoms with E-state index in [0.29, 0.717) is 12.2 Å². The Morgan fingerprint density at radius 2 is 1.88 bits per heavy atom. The number of likely N-dealkylation sites (tertiary alicyclic amines) is 1. The Labute approximate surface area is 96.9 Å². The van der Waals surface area contributed by atoms with Crippen LogP contribution in [-0.2, 0) is 14.6 Å². The summed E-state index contributed by atoms with van der Waals surface area (Å²) in [6.45, 7) is 1.72. The molecule has 0 saturated carbocycles. The molecule has 2 aliphatic rings. The van der Waals surface area contributed by atoms with Gasteiger partial charge in [0.15, 0.2) is 9.84 Å². The Kier molecular flexibility index (Phi) is 3.52. The molecule has 2 fully saturated rings. The lowest BCUT2D eigenvalue weighted by Gasteiger charge is -2.23. The molecule has 4 nitrogen and oxygen atoms in total. The maximum Gasteiger partial charge on any atom is 0.222 e. The normalized spacial score (nSPS) is 29.2. The van der Waals surface area contributed by atoms with Gasteiger partial charge < -0.3 is 4.90 Å². The molecule has 2 saturated heterocycles. The van der Waals surface area contributed by atoms with Crippen molar-refractivity contribution in [1.29, 1.82) is 0 Å². The quantitative estimate of drug-likeness (QED) is 0.724. The minimum atomic E-state index is -2.87. The van der Waals surface area contributed by atoms with E-state index >= 15 is 0 Å². The van der Waals surface area contributed by atoms with Crippen LogP contribution in [-0.4, -0.2) is 43.8 Å². The molecule has 0 aromatic carbocycles. The molecule has 0 radical (unpaired) electrons. The number of amides is 1. The summed E-state index contributed by atoms with van der Waals surface area (Å²) in [6, 6.07) is 0. The lowest BCUT2D eigenvalue weighted by molar-refractivity contribution is -0.131. The Hall–Kier alpha value is -0.580. The van der Waals surface area contributed by atoms with Crippen molar-refractivity contribution in [2.75, 3.05) is 24.6 Å². The summed E-state index contributed by atoms with van der Waals surface area (Å²) in [5.74, 6) is 0.736. The van der Waals surface area contributed by atoms with Gasteiger partial charge in [0.1, 0.15) is 0 Å². The number of carbonyl (C=O) groups excluding carboxylic acids is 1. The maximum atomic E-state index is 11.9. The molecular weight excluding hydrogens is 226 g/mol. The molecule has 2 rings (SSSR count). The molecule has 16 heavy (non-hydrogen) atoms. The number of nitrogens with zero attached hydrogens (tertiary/aromatic N) is 1. The van der Waals surface area contributed by atoms with E-state index in [1.54, 1.807) is 0 Å². The zero-order valence-corrected chi connectivity index (χ0v) is 10.3. The summed E-state index contributed by atoms with van der Waals surface area (Å²) in [5.41, 5.74) is 0. The first kappa shape index (κ1) is 11.9. The third-order valence-corrected chi connectivity index (χ3v) is 5.37. The van der Waals surface area contributed by atoms with Gasteiger partial charge in [-0.05, 0) is 31.6 Å². The summed E-state index contributed by atoms with van der Waals surface area (Å²) in [7, 11) is -2.87. The van der Waals surface area contributed by atoms with Gasteiger partial charge in [0, 0.05) is 19.5 Å². The van der Waals surface area contributed by atoms with Crippen LogP contribution in [0.2, 0.25) is 0 Å². The standard InChI is InChI=1S/C11H19NO3S/c13-11(12-5-1-2-6-12)8-10-4-3-7-16(14,15)9-10/h10H,1-9H2. The molecule has 0 aromatic heterocycles. The first-order valence-corrected chi connectivity index (χ1v) is 7.87. The highest BCUT2D eigenvalue weighted by molar-refractivity contribution is 7.91. The molecule has 1 amide bonds. The fourth-order valence-electron chi connectivity index (χ4n) is 2.62. The second-order valence-corrected chi connectivity index (χ2v) is 7.14. The molecule has 2 heterocycles. The van der Waals surface area contributed by atoms with Crippen molar-refractivity contribution in [1.82, 2.24) is 4.90 Å². The SMILES string of the molecule is O=C(CC1CCCS(=O)(=O)C1)N1CCCC1. The number of hydrogen-bond acceptors (Lipinski definition) is 3. The van der Waals surface area contributed by atoms with Crippen LogP contribution in [0.4, 0.5) is 0 Å². The lowest BCUT2D eigenvalue weighted by Crippen LogP contribution is -2.33. The fourth-order valence-corrected chi connectivity index (χ4v) is 4.40. The third kappa shape index (κ3) is 2.97. The molecule has 0 spiro atoms. The number of sulfone groups is 1. The molecule has 92 valence electrons. The van der Waals surface area contributed by atoms with E-state index in [2.05, 4.69) is 0 Å². The van der Waals surface area contributed by atoms with Crippen molar-refractivity contribution < 1.29 is 13.2 Å². The molecule has 2 aliphatic heterocycles. The Morgan fingerprint density at radius 3 is 2.50 bits per heavy atom. The molecule has 0 bridgehead atoms. The van der Waals surface area contributed by atoms with E-state index in [-0.39, 0.29) is 17.6 Å². The average Bonchev–Trinajstić information content (AvgIpc) is 2.68. The van der Waals surface area contributed by atoms with Crippen molar-refractivity contribution in [2.45, 2.75) is 32.1 Å². The number of carbonyl (C=O) groups is 1. The van der Waals surface area contributed by atoms with Crippen LogP contribution in [0.15, 0.2) is 0 Å². The molecule has 0 aromatic rings. The second kappa shape index (κ2) is 4.73. The van der Waals surface area contributed by atoms with Gasteiger partial charge in [-0.3, -0.25) is 4.79 Å². The zero-order chi connectivity index (χ0) is 11.6. The zero-order valence-electron chi connectivity index (χ0n) is 9.52. The van der Waals surface area contributed by atoms with Gasteiger partial charge in [0.25, 0.3) is 0 Å². The molecule has 0 N–H and O–H groups in total. The predicted octanol–water partition coefficient (Wildman–Crippen LogP) is 0.824. The minimum absolute atomic E-state index is 0.0619. The predicted molar refractivity (Wildman–Crippen MR) is 61.8 cm³/mol. The topological polar surface area (TPSA) is 54.5 Å². The molecule has 5 heteroatoms. The molecular formula is C11H19NO3S. The first-order valence-electron chi connectivity index (χ1n) is 6.05. The minimum Gasteiger partial charge on any atom is -0.343 e. The van der Waals surface area contributed by atoms with Crippen molar-refractivity contribution in [2.24, 2.45) is 5.92 Å². The first-order chi connectivity index (χ1) is 7.57. The van der Waals surface area contributed by atoms with Crippen molar-refractivity contribution >= 4 is 15.7 Å². The number of hydrogen-bond donors (Lipinski definition) is 0. The molecule has 1 unspecified atom stereocenters. The largest absolute Gasteiger partial charge is 0.343 e. The van der Waals surface area contributed by atoms with Gasteiger partial charge in [-0.15, -0.1) is 0 Å². The van der Waals surface area contributed by atoms with Gasteiger partial charge >= 0.3 is 0 Å². The van der Waals surface area contributed by atoms with E-state index in [1.165, 1.54) is 0 Å². The van der Waals surface area contributed by atoms with E-state index in [9.17, 15) is 13.2 Å². The van der Waals surface area contributed by atoms with Crippen molar-refractivity contribution in [3.63, 3.8) is 0 Å². The highest BCUT2D eigenvalue weighted by Gasteiger charge is 2.28. The fraction of sp³-hybridized carbons (Fsp3) is 0.909. The van der Waals surface area contributed by atoms with Crippen LogP contribution in [0.1, 0.15) is 32.1 Å². The Balaban J connectivity index is 1.86. The maximum absolute atomic E-state index is 11.9. The van der Waals surface area contributed by atoms with Crippen molar-refractivity contribution in [3.05, 3.63) is 0 Å². The Bertz CT molecular complexity index is 357. The van der Waals surface area contributed by atoms with Gasteiger partial charge in [-0.2, -0.15) is 0 Å². The van der Waals surface area contributed by atoms with Gasteiger partial charge in [-0.25, -0.2) is 8.42 Å². The summed E-state index contributed by atoms with van der Waals surface area (Å²) in [5, 5.41) is 0.